The van der Waals surface area contributed by atoms with Gasteiger partial charge in [-0.1, -0.05) is 62.1 Å². The van der Waals surface area contributed by atoms with E-state index in [4.69, 9.17) is 9.47 Å². The highest BCUT2D eigenvalue weighted by Gasteiger charge is 2.48. The monoisotopic (exact) mass is 751 g/mol. The molecular formula is C44H70N4O6. The van der Waals surface area contributed by atoms with Gasteiger partial charge in [-0.3, -0.25) is 29.0 Å². The van der Waals surface area contributed by atoms with Crippen molar-refractivity contribution in [2.45, 2.75) is 167 Å². The second-order valence-corrected chi connectivity index (χ2v) is 18.3. The van der Waals surface area contributed by atoms with Gasteiger partial charge in [0.25, 0.3) is 0 Å². The van der Waals surface area contributed by atoms with Crippen LogP contribution in [0.15, 0.2) is 48.6 Å². The number of piperidine rings is 2. The zero-order valence-electron chi connectivity index (χ0n) is 34.7. The molecule has 2 fully saturated rings. The molecule has 0 bridgehead atoms. The lowest BCUT2D eigenvalue weighted by Crippen LogP contribution is -2.65. The molecule has 302 valence electrons. The first-order chi connectivity index (χ1) is 25.4. The summed E-state index contributed by atoms with van der Waals surface area (Å²) in [5.74, 6) is -0.142. The SMILES string of the molecule is CC1(C)CC(N2CC=CC=CC2=O)CC(C)(C)N1CCOC(=O)CCCCCCCCC(=O)OCCN1C(C)(C)CC(N2CC=CC=CC2=O)CC1(C)C. The van der Waals surface area contributed by atoms with E-state index in [1.54, 1.807) is 12.2 Å². The molecule has 0 aromatic heterocycles. The number of likely N-dealkylation sites (tertiary alicyclic amines) is 2. The lowest BCUT2D eigenvalue weighted by atomic mass is 9.76. The van der Waals surface area contributed by atoms with Gasteiger partial charge in [-0.25, -0.2) is 0 Å². The van der Waals surface area contributed by atoms with Gasteiger partial charge < -0.3 is 19.3 Å². The molecule has 0 aromatic rings. The maximum absolute atomic E-state index is 12.7. The molecule has 0 saturated carbocycles. The minimum Gasteiger partial charge on any atom is -0.464 e. The summed E-state index contributed by atoms with van der Waals surface area (Å²) in [6.07, 6.45) is 24.9. The number of amides is 2. The Hall–Kier alpha value is -3.24. The van der Waals surface area contributed by atoms with Crippen molar-refractivity contribution in [2.24, 2.45) is 0 Å². The standard InChI is InChI=1S/C44H70N4O6/c1-41(2)31-35(45-25-19-13-15-21-37(45)49)32-42(3,4)47(41)27-29-53-39(51)23-17-11-9-10-12-18-24-40(52)54-30-28-48-43(5,6)33-36(34-44(48,7)8)46-26-20-14-16-22-38(46)50/h13-16,19-22,35-36H,9-12,17-18,23-34H2,1-8H3. The highest BCUT2D eigenvalue weighted by atomic mass is 16.5. The van der Waals surface area contributed by atoms with E-state index >= 15 is 0 Å². The predicted molar refractivity (Wildman–Crippen MR) is 215 cm³/mol. The summed E-state index contributed by atoms with van der Waals surface area (Å²) in [6, 6.07) is 0.322. The average molecular weight is 751 g/mol. The largest absolute Gasteiger partial charge is 0.464 e. The van der Waals surface area contributed by atoms with Crippen LogP contribution in [0.2, 0.25) is 0 Å². The van der Waals surface area contributed by atoms with Gasteiger partial charge in [-0.15, -0.1) is 0 Å². The molecule has 4 heterocycles. The summed E-state index contributed by atoms with van der Waals surface area (Å²) >= 11 is 0. The Kier molecular flexibility index (Phi) is 15.4. The van der Waals surface area contributed by atoms with Crippen molar-refractivity contribution in [3.05, 3.63) is 48.6 Å². The molecule has 2 saturated heterocycles. The highest BCUT2D eigenvalue weighted by Crippen LogP contribution is 2.41. The number of hydrogen-bond donors (Lipinski definition) is 0. The van der Waals surface area contributed by atoms with Gasteiger partial charge in [0.15, 0.2) is 0 Å². The Labute approximate surface area is 326 Å². The van der Waals surface area contributed by atoms with Crippen LogP contribution in [0, 0.1) is 0 Å². The second-order valence-electron chi connectivity index (χ2n) is 18.3. The van der Waals surface area contributed by atoms with Crippen LogP contribution < -0.4 is 0 Å². The highest BCUT2D eigenvalue weighted by molar-refractivity contribution is 5.89. The Morgan fingerprint density at radius 1 is 0.556 bits per heavy atom. The van der Waals surface area contributed by atoms with E-state index in [2.05, 4.69) is 65.2 Å². The van der Waals surface area contributed by atoms with Crippen molar-refractivity contribution in [1.29, 1.82) is 0 Å². The van der Waals surface area contributed by atoms with E-state index in [0.717, 1.165) is 64.2 Å². The molecule has 0 spiro atoms. The number of allylic oxidation sites excluding steroid dienone is 4. The van der Waals surface area contributed by atoms with Crippen LogP contribution in [0.4, 0.5) is 0 Å². The smallest absolute Gasteiger partial charge is 0.305 e. The molecule has 0 aromatic carbocycles. The van der Waals surface area contributed by atoms with Crippen LogP contribution in [-0.4, -0.2) is 117 Å². The third-order valence-electron chi connectivity index (χ3n) is 12.1. The minimum atomic E-state index is -0.144. The third kappa shape index (κ3) is 12.1. The fraction of sp³-hybridized carbons (Fsp3) is 0.727. The van der Waals surface area contributed by atoms with Crippen molar-refractivity contribution >= 4 is 23.8 Å². The topological polar surface area (TPSA) is 99.7 Å². The molecule has 4 aliphatic heterocycles. The van der Waals surface area contributed by atoms with Crippen molar-refractivity contribution in [2.75, 3.05) is 39.4 Å². The summed E-state index contributed by atoms with van der Waals surface area (Å²) in [6.45, 7) is 21.2. The van der Waals surface area contributed by atoms with Gasteiger partial charge in [0.05, 0.1) is 0 Å². The van der Waals surface area contributed by atoms with Gasteiger partial charge >= 0.3 is 11.9 Å². The number of esters is 2. The van der Waals surface area contributed by atoms with Crippen molar-refractivity contribution in [1.82, 2.24) is 19.6 Å². The fourth-order valence-corrected chi connectivity index (χ4v) is 9.88. The predicted octanol–water partition coefficient (Wildman–Crippen LogP) is 7.15. The molecule has 0 N–H and O–H groups in total. The van der Waals surface area contributed by atoms with E-state index in [1.807, 2.05) is 46.3 Å². The molecule has 2 amide bonds. The summed E-state index contributed by atoms with van der Waals surface area (Å²) in [5, 5.41) is 0. The van der Waals surface area contributed by atoms with Gasteiger partial charge in [0.2, 0.25) is 11.8 Å². The van der Waals surface area contributed by atoms with Crippen LogP contribution in [0.1, 0.15) is 132 Å². The van der Waals surface area contributed by atoms with Crippen LogP contribution in [0.5, 0.6) is 0 Å². The van der Waals surface area contributed by atoms with Gasteiger partial charge in [0, 0.05) is 85.4 Å². The average Bonchev–Trinajstić information content (AvgIpc) is 3.43. The Morgan fingerprint density at radius 2 is 0.889 bits per heavy atom. The first-order valence-electron chi connectivity index (χ1n) is 20.6. The van der Waals surface area contributed by atoms with Crippen molar-refractivity contribution < 1.29 is 28.7 Å². The molecular weight excluding hydrogens is 681 g/mol. The van der Waals surface area contributed by atoms with Crippen molar-refractivity contribution in [3.63, 3.8) is 0 Å². The van der Waals surface area contributed by atoms with E-state index in [-0.39, 0.29) is 58.0 Å². The van der Waals surface area contributed by atoms with Gasteiger partial charge in [-0.2, -0.15) is 0 Å². The lowest BCUT2D eigenvalue weighted by molar-refractivity contribution is -0.148. The molecule has 10 nitrogen and oxygen atoms in total. The molecule has 4 rings (SSSR count). The number of nitrogens with zero attached hydrogens (tertiary/aromatic N) is 4. The van der Waals surface area contributed by atoms with Crippen LogP contribution in [-0.2, 0) is 28.7 Å². The third-order valence-corrected chi connectivity index (χ3v) is 12.1. The maximum Gasteiger partial charge on any atom is 0.305 e. The fourth-order valence-electron chi connectivity index (χ4n) is 9.88. The number of unbranched alkanes of at least 4 members (excludes halogenated alkanes) is 5. The summed E-state index contributed by atoms with van der Waals surface area (Å²) in [7, 11) is 0. The molecule has 54 heavy (non-hydrogen) atoms. The molecule has 0 unspecified atom stereocenters. The molecule has 4 aliphatic rings. The molecule has 10 heteroatoms. The first-order valence-corrected chi connectivity index (χ1v) is 20.6. The van der Waals surface area contributed by atoms with E-state index in [9.17, 15) is 19.2 Å². The van der Waals surface area contributed by atoms with Crippen molar-refractivity contribution in [3.8, 4) is 0 Å². The van der Waals surface area contributed by atoms with Gasteiger partial charge in [-0.05, 0) is 93.9 Å². The molecule has 0 aliphatic carbocycles. The van der Waals surface area contributed by atoms with Gasteiger partial charge in [0.1, 0.15) is 13.2 Å². The van der Waals surface area contributed by atoms with Crippen LogP contribution in [0.3, 0.4) is 0 Å². The quantitative estimate of drug-likeness (QED) is 0.114. The normalized spacial score (nSPS) is 23.0. The summed E-state index contributed by atoms with van der Waals surface area (Å²) < 4.78 is 11.3. The Balaban J connectivity index is 1.04. The number of carbonyl (C=O) groups is 4. The number of carbonyl (C=O) groups excluding carboxylic acids is 4. The first kappa shape index (κ1) is 43.5. The summed E-state index contributed by atoms with van der Waals surface area (Å²) in [5.41, 5.74) is -0.576. The van der Waals surface area contributed by atoms with Crippen LogP contribution in [0.25, 0.3) is 0 Å². The lowest BCUT2D eigenvalue weighted by Gasteiger charge is -2.56. The second kappa shape index (κ2) is 19.1. The van der Waals surface area contributed by atoms with E-state index in [1.165, 1.54) is 0 Å². The zero-order chi connectivity index (χ0) is 39.6. The Bertz CT molecular complexity index is 1280. The van der Waals surface area contributed by atoms with E-state index < -0.39 is 0 Å². The van der Waals surface area contributed by atoms with Crippen LogP contribution >= 0.6 is 0 Å². The zero-order valence-corrected chi connectivity index (χ0v) is 34.7. The number of ether oxygens (including phenoxy) is 2. The maximum atomic E-state index is 12.7. The molecule has 0 radical (unpaired) electrons. The number of hydrogen-bond acceptors (Lipinski definition) is 8. The van der Waals surface area contributed by atoms with E-state index in [0.29, 0.717) is 52.2 Å². The Morgan fingerprint density at radius 3 is 1.24 bits per heavy atom. The summed E-state index contributed by atoms with van der Waals surface area (Å²) in [4.78, 5) is 59.4. The number of rotatable bonds is 17. The molecule has 0 atom stereocenters. The minimum absolute atomic E-state index is 0.0719.